The third-order valence-electron chi connectivity index (χ3n) is 4.98. The fourth-order valence-electron chi connectivity index (χ4n) is 3.36. The maximum atomic E-state index is 13.1. The van der Waals surface area contributed by atoms with Crippen molar-refractivity contribution in [2.45, 2.75) is 6.42 Å². The van der Waals surface area contributed by atoms with Crippen molar-refractivity contribution in [3.63, 3.8) is 0 Å². The van der Waals surface area contributed by atoms with Crippen molar-refractivity contribution in [1.82, 2.24) is 0 Å². The number of ketones is 1. The number of carbonyl (C=O) groups is 2. The van der Waals surface area contributed by atoms with Gasteiger partial charge in [0, 0.05) is 29.6 Å². The van der Waals surface area contributed by atoms with Crippen LogP contribution in [0.3, 0.4) is 0 Å². The van der Waals surface area contributed by atoms with E-state index >= 15 is 0 Å². The first-order valence-corrected chi connectivity index (χ1v) is 9.97. The molecule has 0 saturated heterocycles. The van der Waals surface area contributed by atoms with E-state index in [1.807, 2.05) is 0 Å². The highest BCUT2D eigenvalue weighted by atomic mass is 35.5. The van der Waals surface area contributed by atoms with Crippen molar-refractivity contribution in [2.24, 2.45) is 0 Å². The summed E-state index contributed by atoms with van der Waals surface area (Å²) in [4.78, 5) is 27.3. The minimum absolute atomic E-state index is 0.0775. The third kappa shape index (κ3) is 4.42. The van der Waals surface area contributed by atoms with Crippen molar-refractivity contribution in [2.75, 3.05) is 11.9 Å². The molecule has 5 heteroatoms. The van der Waals surface area contributed by atoms with E-state index in [0.29, 0.717) is 33.8 Å². The number of hydrogen-bond donors (Lipinski definition) is 0. The number of carbonyl (C=O) groups excluding carboxylic acids is 2. The smallest absolute Gasteiger partial charge is 0.262 e. The first kappa shape index (κ1) is 20.6. The lowest BCUT2D eigenvalue weighted by atomic mass is 9.92. The summed E-state index contributed by atoms with van der Waals surface area (Å²) in [7, 11) is 1.64. The maximum Gasteiger partial charge on any atom is 0.262 e. The number of likely N-dealkylation sites (N-methyl/N-ethyl adjacent to an activating group) is 1. The van der Waals surface area contributed by atoms with E-state index in [2.05, 4.69) is 11.8 Å². The molecular formula is C26H17ClFNO2. The maximum absolute atomic E-state index is 13.1. The number of rotatable bonds is 2. The molecule has 152 valence electrons. The Morgan fingerprint density at radius 3 is 2.55 bits per heavy atom. The van der Waals surface area contributed by atoms with Crippen LogP contribution in [0.25, 0.3) is 6.08 Å². The Morgan fingerprint density at radius 2 is 1.81 bits per heavy atom. The Balaban J connectivity index is 1.65. The second-order valence-electron chi connectivity index (χ2n) is 7.14. The van der Waals surface area contributed by atoms with Gasteiger partial charge in [-0.3, -0.25) is 9.59 Å². The van der Waals surface area contributed by atoms with Crippen molar-refractivity contribution >= 4 is 35.1 Å². The zero-order chi connectivity index (χ0) is 22.0. The van der Waals surface area contributed by atoms with Crippen molar-refractivity contribution in [1.29, 1.82) is 0 Å². The van der Waals surface area contributed by atoms with Gasteiger partial charge in [-0.05, 0) is 59.7 Å². The van der Waals surface area contributed by atoms with Gasteiger partial charge in [-0.15, -0.1) is 0 Å². The molecule has 0 bridgehead atoms. The van der Waals surface area contributed by atoms with Crippen molar-refractivity contribution in [3.05, 3.63) is 105 Å². The van der Waals surface area contributed by atoms with Crippen LogP contribution >= 0.6 is 11.6 Å². The molecule has 0 atom stereocenters. The summed E-state index contributed by atoms with van der Waals surface area (Å²) in [6, 6.07) is 18.3. The molecule has 0 radical (unpaired) electrons. The van der Waals surface area contributed by atoms with Crippen LogP contribution < -0.4 is 4.90 Å². The van der Waals surface area contributed by atoms with Crippen LogP contribution in [-0.4, -0.2) is 18.7 Å². The molecular weight excluding hydrogens is 413 g/mol. The van der Waals surface area contributed by atoms with Gasteiger partial charge in [0.15, 0.2) is 0 Å². The lowest BCUT2D eigenvalue weighted by Crippen LogP contribution is -2.36. The lowest BCUT2D eigenvalue weighted by molar-refractivity contribution is -0.114. The first-order valence-electron chi connectivity index (χ1n) is 9.60. The molecule has 3 nitrogen and oxygen atoms in total. The lowest BCUT2D eigenvalue weighted by Gasteiger charge is -2.26. The van der Waals surface area contributed by atoms with E-state index in [1.54, 1.807) is 67.7 Å². The summed E-state index contributed by atoms with van der Waals surface area (Å²) in [5.41, 5.74) is 3.29. The number of fused-ring (bicyclic) bond motifs is 1. The largest absolute Gasteiger partial charge is 0.311 e. The van der Waals surface area contributed by atoms with Gasteiger partial charge in [-0.25, -0.2) is 4.39 Å². The molecule has 31 heavy (non-hydrogen) atoms. The van der Waals surface area contributed by atoms with Crippen molar-refractivity contribution < 1.29 is 14.0 Å². The van der Waals surface area contributed by atoms with Gasteiger partial charge in [-0.1, -0.05) is 47.7 Å². The highest BCUT2D eigenvalue weighted by molar-refractivity contribution is 6.36. The minimum Gasteiger partial charge on any atom is -0.311 e. The summed E-state index contributed by atoms with van der Waals surface area (Å²) in [5, 5.41) is 0.525. The van der Waals surface area contributed by atoms with E-state index in [4.69, 9.17) is 11.6 Å². The molecule has 0 saturated carbocycles. The average molecular weight is 430 g/mol. The molecule has 3 aromatic rings. The molecule has 0 aliphatic carbocycles. The van der Waals surface area contributed by atoms with Gasteiger partial charge in [0.05, 0.1) is 11.3 Å². The standard InChI is InChI=1S/C26H17ClFNO2/c1-29-24-13-10-18(5-2-4-17-8-11-21(28)12-9-17)15-22(24)25(30)23(26(29)31)16-19-6-3-7-20(27)14-19/h3,6-16H,4H2,1H3. The van der Waals surface area contributed by atoms with Crippen LogP contribution in [0.2, 0.25) is 5.02 Å². The summed E-state index contributed by atoms with van der Waals surface area (Å²) < 4.78 is 13.0. The summed E-state index contributed by atoms with van der Waals surface area (Å²) in [6.45, 7) is 0. The predicted molar refractivity (Wildman–Crippen MR) is 121 cm³/mol. The second kappa shape index (κ2) is 8.59. The number of anilines is 1. The Morgan fingerprint density at radius 1 is 1.03 bits per heavy atom. The first-order chi connectivity index (χ1) is 14.9. The van der Waals surface area contributed by atoms with Gasteiger partial charge in [0.25, 0.3) is 5.91 Å². The minimum atomic E-state index is -0.368. The second-order valence-corrected chi connectivity index (χ2v) is 7.58. The van der Waals surface area contributed by atoms with Crippen LogP contribution in [-0.2, 0) is 11.2 Å². The molecule has 0 unspecified atom stereocenters. The number of nitrogens with zero attached hydrogens (tertiary/aromatic N) is 1. The highest BCUT2D eigenvalue weighted by Gasteiger charge is 2.32. The van der Waals surface area contributed by atoms with E-state index < -0.39 is 0 Å². The highest BCUT2D eigenvalue weighted by Crippen LogP contribution is 2.31. The van der Waals surface area contributed by atoms with Crippen LogP contribution in [0.5, 0.6) is 0 Å². The van der Waals surface area contributed by atoms with E-state index in [9.17, 15) is 14.0 Å². The molecule has 1 heterocycles. The number of hydrogen-bond acceptors (Lipinski definition) is 2. The molecule has 1 amide bonds. The summed E-state index contributed by atoms with van der Waals surface area (Å²) in [5.74, 6) is 5.08. The normalized spacial score (nSPS) is 14.3. The molecule has 0 aromatic heterocycles. The van der Waals surface area contributed by atoms with Gasteiger partial charge in [0.2, 0.25) is 5.78 Å². The fourth-order valence-corrected chi connectivity index (χ4v) is 3.56. The van der Waals surface area contributed by atoms with Gasteiger partial charge < -0.3 is 4.90 Å². The third-order valence-corrected chi connectivity index (χ3v) is 5.22. The zero-order valence-corrected chi connectivity index (χ0v) is 17.4. The monoisotopic (exact) mass is 429 g/mol. The Bertz CT molecular complexity index is 1280. The predicted octanol–water partition coefficient (Wildman–Crippen LogP) is 5.32. The summed E-state index contributed by atoms with van der Waals surface area (Å²) in [6.07, 6.45) is 2.02. The molecule has 0 fully saturated rings. The van der Waals surface area contributed by atoms with Crippen LogP contribution in [0.1, 0.15) is 27.0 Å². The van der Waals surface area contributed by atoms with E-state index in [-0.39, 0.29) is 23.1 Å². The fraction of sp³-hybridized carbons (Fsp3) is 0.0769. The van der Waals surface area contributed by atoms with Gasteiger partial charge >= 0.3 is 0 Å². The topological polar surface area (TPSA) is 37.4 Å². The van der Waals surface area contributed by atoms with Crippen molar-refractivity contribution in [3.8, 4) is 11.8 Å². The number of benzene rings is 3. The van der Waals surface area contributed by atoms with Crippen LogP contribution in [0.4, 0.5) is 10.1 Å². The summed E-state index contributed by atoms with van der Waals surface area (Å²) >= 11 is 6.02. The molecule has 3 aromatic carbocycles. The van der Waals surface area contributed by atoms with E-state index in [0.717, 1.165) is 5.56 Å². The van der Waals surface area contributed by atoms with E-state index in [1.165, 1.54) is 17.0 Å². The van der Waals surface area contributed by atoms with Crippen LogP contribution in [0, 0.1) is 17.7 Å². The SMILES string of the molecule is CN1C(=O)C(=Cc2cccc(Cl)c2)C(=O)c2cc(C#CCc3ccc(F)cc3)ccc21. The Labute approximate surface area is 184 Å². The Kier molecular flexibility index (Phi) is 5.70. The van der Waals surface area contributed by atoms with Crippen LogP contribution in [0.15, 0.2) is 72.3 Å². The average Bonchev–Trinajstić information content (AvgIpc) is 2.76. The number of halogens is 2. The molecule has 1 aliphatic rings. The zero-order valence-electron chi connectivity index (χ0n) is 16.7. The molecule has 0 N–H and O–H groups in total. The van der Waals surface area contributed by atoms with Gasteiger partial charge in [-0.2, -0.15) is 0 Å². The Hall–Kier alpha value is -3.68. The quantitative estimate of drug-likeness (QED) is 0.314. The number of Topliss-reactive ketones (excluding diaryl/α,β-unsaturated/α-hetero) is 1. The molecule has 1 aliphatic heterocycles. The molecule has 4 rings (SSSR count). The molecule has 0 spiro atoms. The van der Waals surface area contributed by atoms with Gasteiger partial charge in [0.1, 0.15) is 5.82 Å². The number of amides is 1.